The maximum atomic E-state index is 12.7. The summed E-state index contributed by atoms with van der Waals surface area (Å²) in [7, 11) is 1.55. The number of methoxy groups -OCH3 is 1. The highest BCUT2D eigenvalue weighted by Crippen LogP contribution is 2.31. The van der Waals surface area contributed by atoms with Crippen LogP contribution in [-0.2, 0) is 27.0 Å². The first-order chi connectivity index (χ1) is 13.7. The van der Waals surface area contributed by atoms with E-state index in [4.69, 9.17) is 14.2 Å². The van der Waals surface area contributed by atoms with Gasteiger partial charge in [0.15, 0.2) is 12.7 Å². The van der Waals surface area contributed by atoms with Crippen LogP contribution in [0.4, 0.5) is 13.2 Å². The molecule has 0 saturated heterocycles. The Labute approximate surface area is 165 Å². The van der Waals surface area contributed by atoms with Crippen molar-refractivity contribution in [3.05, 3.63) is 59.7 Å². The van der Waals surface area contributed by atoms with Gasteiger partial charge < -0.3 is 19.5 Å². The van der Waals surface area contributed by atoms with Crippen LogP contribution in [-0.4, -0.2) is 31.7 Å². The van der Waals surface area contributed by atoms with Gasteiger partial charge in [-0.3, -0.25) is 4.79 Å². The minimum atomic E-state index is -4.52. The molecule has 6 nitrogen and oxygen atoms in total. The number of esters is 1. The number of ether oxygens (including phenoxy) is 3. The fraction of sp³-hybridized carbons (Fsp3) is 0.300. The summed E-state index contributed by atoms with van der Waals surface area (Å²) in [6, 6.07) is 11.2. The van der Waals surface area contributed by atoms with E-state index >= 15 is 0 Å². The van der Waals surface area contributed by atoms with Gasteiger partial charge in [-0.2, -0.15) is 13.2 Å². The number of hydrogen-bond acceptors (Lipinski definition) is 5. The van der Waals surface area contributed by atoms with Gasteiger partial charge in [0.05, 0.1) is 12.7 Å². The second kappa shape index (κ2) is 9.81. The van der Waals surface area contributed by atoms with Crippen LogP contribution in [0.3, 0.4) is 0 Å². The molecule has 0 spiro atoms. The van der Waals surface area contributed by atoms with Gasteiger partial charge in [-0.15, -0.1) is 0 Å². The number of benzene rings is 2. The lowest BCUT2D eigenvalue weighted by Crippen LogP contribution is -2.36. The molecular formula is C20H20F3NO5. The fourth-order valence-corrected chi connectivity index (χ4v) is 2.27. The van der Waals surface area contributed by atoms with Crippen LogP contribution in [0.1, 0.15) is 18.1 Å². The number of amides is 1. The standard InChI is InChI=1S/C20H20F3NO5/c1-13(19(26)24-11-14-6-8-16(27-2)9-7-14)29-18(25)12-28-17-5-3-4-15(10-17)20(21,22)23/h3-10,13H,11-12H2,1-2H3,(H,24,26)/t13-/m0/s1. The smallest absolute Gasteiger partial charge is 0.416 e. The predicted molar refractivity (Wildman–Crippen MR) is 97.3 cm³/mol. The molecule has 2 rings (SSSR count). The van der Waals surface area contributed by atoms with Crippen molar-refractivity contribution in [1.82, 2.24) is 5.32 Å². The van der Waals surface area contributed by atoms with Gasteiger partial charge >= 0.3 is 12.1 Å². The van der Waals surface area contributed by atoms with Crippen molar-refractivity contribution in [3.8, 4) is 11.5 Å². The summed E-state index contributed by atoms with van der Waals surface area (Å²) < 4.78 is 53.0. The molecule has 0 aliphatic rings. The maximum Gasteiger partial charge on any atom is 0.416 e. The largest absolute Gasteiger partial charge is 0.497 e. The quantitative estimate of drug-likeness (QED) is 0.675. The zero-order valence-electron chi connectivity index (χ0n) is 15.8. The van der Waals surface area contributed by atoms with Gasteiger partial charge in [-0.05, 0) is 42.8 Å². The normalized spacial score (nSPS) is 12.0. The van der Waals surface area contributed by atoms with Gasteiger partial charge in [0.2, 0.25) is 0 Å². The van der Waals surface area contributed by atoms with Crippen molar-refractivity contribution in [3.63, 3.8) is 0 Å². The van der Waals surface area contributed by atoms with E-state index in [-0.39, 0.29) is 12.3 Å². The molecule has 2 aromatic rings. The Bertz CT molecular complexity index is 837. The lowest BCUT2D eigenvalue weighted by molar-refractivity contribution is -0.156. The molecule has 0 saturated carbocycles. The van der Waals surface area contributed by atoms with Crippen LogP contribution in [0.5, 0.6) is 11.5 Å². The summed E-state index contributed by atoms with van der Waals surface area (Å²) in [5.41, 5.74) is -0.0693. The second-order valence-electron chi connectivity index (χ2n) is 6.01. The summed E-state index contributed by atoms with van der Waals surface area (Å²) in [6.07, 6.45) is -5.61. The molecule has 9 heteroatoms. The minimum absolute atomic E-state index is 0.131. The Kier molecular flexibility index (Phi) is 7.46. The highest BCUT2D eigenvalue weighted by Gasteiger charge is 2.30. The highest BCUT2D eigenvalue weighted by atomic mass is 19.4. The Balaban J connectivity index is 1.78. The number of hydrogen-bond donors (Lipinski definition) is 1. The van der Waals surface area contributed by atoms with Gasteiger partial charge in [0.25, 0.3) is 5.91 Å². The monoisotopic (exact) mass is 411 g/mol. The summed E-state index contributed by atoms with van der Waals surface area (Å²) in [4.78, 5) is 23.8. The van der Waals surface area contributed by atoms with Crippen LogP contribution in [0.2, 0.25) is 0 Å². The fourth-order valence-electron chi connectivity index (χ4n) is 2.27. The zero-order chi connectivity index (χ0) is 21.4. The Hall–Kier alpha value is -3.23. The lowest BCUT2D eigenvalue weighted by Gasteiger charge is -2.14. The summed E-state index contributed by atoms with van der Waals surface area (Å²) in [6.45, 7) is 0.981. The third kappa shape index (κ3) is 7.02. The van der Waals surface area contributed by atoms with Gasteiger partial charge in [0.1, 0.15) is 11.5 Å². The van der Waals surface area contributed by atoms with Crippen molar-refractivity contribution in [2.24, 2.45) is 0 Å². The lowest BCUT2D eigenvalue weighted by atomic mass is 10.2. The molecule has 1 amide bonds. The minimum Gasteiger partial charge on any atom is -0.497 e. The summed E-state index contributed by atoms with van der Waals surface area (Å²) in [5, 5.41) is 2.62. The van der Waals surface area contributed by atoms with Crippen LogP contribution in [0.25, 0.3) is 0 Å². The molecule has 0 aliphatic heterocycles. The van der Waals surface area contributed by atoms with E-state index in [0.29, 0.717) is 5.75 Å². The molecule has 0 fully saturated rings. The summed E-state index contributed by atoms with van der Waals surface area (Å²) >= 11 is 0. The molecule has 0 unspecified atom stereocenters. The van der Waals surface area contributed by atoms with Crippen molar-refractivity contribution in [2.75, 3.05) is 13.7 Å². The number of alkyl halides is 3. The van der Waals surface area contributed by atoms with E-state index in [9.17, 15) is 22.8 Å². The number of nitrogens with one attached hydrogen (secondary N) is 1. The molecular weight excluding hydrogens is 391 g/mol. The molecule has 1 N–H and O–H groups in total. The van der Waals surface area contributed by atoms with Crippen molar-refractivity contribution >= 4 is 11.9 Å². The third-order valence-corrected chi connectivity index (χ3v) is 3.82. The number of rotatable bonds is 8. The average Bonchev–Trinajstić information content (AvgIpc) is 2.70. The van der Waals surface area contributed by atoms with Crippen molar-refractivity contribution in [1.29, 1.82) is 0 Å². The predicted octanol–water partition coefficient (Wildman–Crippen LogP) is 3.34. The molecule has 0 bridgehead atoms. The van der Waals surface area contributed by atoms with Gasteiger partial charge in [-0.1, -0.05) is 18.2 Å². The van der Waals surface area contributed by atoms with Crippen molar-refractivity contribution < 1.29 is 37.0 Å². The van der Waals surface area contributed by atoms with E-state index in [1.807, 2.05) is 0 Å². The van der Waals surface area contributed by atoms with Gasteiger partial charge in [-0.25, -0.2) is 4.79 Å². The van der Waals surface area contributed by atoms with Crippen LogP contribution in [0.15, 0.2) is 48.5 Å². The number of carbonyl (C=O) groups excluding carboxylic acids is 2. The third-order valence-electron chi connectivity index (χ3n) is 3.82. The van der Waals surface area contributed by atoms with Crippen LogP contribution in [0, 0.1) is 0 Å². The van der Waals surface area contributed by atoms with Crippen LogP contribution >= 0.6 is 0 Å². The van der Waals surface area contributed by atoms with E-state index in [1.54, 1.807) is 31.4 Å². The Morgan fingerprint density at radius 2 is 1.76 bits per heavy atom. The Morgan fingerprint density at radius 3 is 2.38 bits per heavy atom. The molecule has 0 aliphatic carbocycles. The van der Waals surface area contributed by atoms with Gasteiger partial charge in [0, 0.05) is 6.54 Å². The molecule has 0 heterocycles. The molecule has 1 atom stereocenters. The Morgan fingerprint density at radius 1 is 1.07 bits per heavy atom. The number of carbonyl (C=O) groups is 2. The molecule has 0 radical (unpaired) electrons. The molecule has 29 heavy (non-hydrogen) atoms. The van der Waals surface area contributed by atoms with Crippen molar-refractivity contribution in [2.45, 2.75) is 25.7 Å². The maximum absolute atomic E-state index is 12.7. The first-order valence-electron chi connectivity index (χ1n) is 8.59. The SMILES string of the molecule is COc1ccc(CNC(=O)[C@H](C)OC(=O)COc2cccc(C(F)(F)F)c2)cc1. The zero-order valence-corrected chi connectivity index (χ0v) is 15.8. The molecule has 0 aromatic heterocycles. The van der Waals surface area contributed by atoms with Crippen LogP contribution < -0.4 is 14.8 Å². The summed E-state index contributed by atoms with van der Waals surface area (Å²) in [5.74, 6) is -0.848. The number of halogens is 3. The second-order valence-corrected chi connectivity index (χ2v) is 6.01. The topological polar surface area (TPSA) is 73.9 Å². The molecule has 2 aromatic carbocycles. The van der Waals surface area contributed by atoms with E-state index < -0.39 is 36.3 Å². The first-order valence-corrected chi connectivity index (χ1v) is 8.59. The molecule has 156 valence electrons. The highest BCUT2D eigenvalue weighted by molar-refractivity contribution is 5.83. The van der Waals surface area contributed by atoms with E-state index in [0.717, 1.165) is 17.7 Å². The average molecular weight is 411 g/mol. The van der Waals surface area contributed by atoms with E-state index in [1.165, 1.54) is 19.1 Å². The van der Waals surface area contributed by atoms with E-state index in [2.05, 4.69) is 5.32 Å². The first kappa shape index (κ1) is 22.1.